The molecule has 0 fully saturated rings. The SMILES string of the molecule is Cc1ccc(Cl)cc1N=Cc1ccc(OCc2ccc(Br)cc2)cc1. The van der Waals surface area contributed by atoms with Crippen molar-refractivity contribution in [2.75, 3.05) is 0 Å². The van der Waals surface area contributed by atoms with Gasteiger partial charge in [-0.05, 0) is 72.1 Å². The molecule has 0 bridgehead atoms. The van der Waals surface area contributed by atoms with E-state index in [1.54, 1.807) is 0 Å². The van der Waals surface area contributed by atoms with E-state index in [9.17, 15) is 0 Å². The van der Waals surface area contributed by atoms with Gasteiger partial charge in [-0.1, -0.05) is 45.7 Å². The van der Waals surface area contributed by atoms with E-state index in [2.05, 4.69) is 20.9 Å². The lowest BCUT2D eigenvalue weighted by molar-refractivity contribution is 0.306. The highest BCUT2D eigenvalue weighted by Gasteiger charge is 1.99. The highest BCUT2D eigenvalue weighted by atomic mass is 79.9. The Kier molecular flexibility index (Phi) is 5.90. The van der Waals surface area contributed by atoms with Gasteiger partial charge >= 0.3 is 0 Å². The summed E-state index contributed by atoms with van der Waals surface area (Å²) in [6, 6.07) is 21.7. The molecule has 0 heterocycles. The lowest BCUT2D eigenvalue weighted by Gasteiger charge is -2.06. The van der Waals surface area contributed by atoms with E-state index < -0.39 is 0 Å². The maximum absolute atomic E-state index is 6.02. The number of rotatable bonds is 5. The van der Waals surface area contributed by atoms with E-state index in [1.165, 1.54) is 0 Å². The summed E-state index contributed by atoms with van der Waals surface area (Å²) in [4.78, 5) is 4.51. The Morgan fingerprint density at radius 2 is 1.72 bits per heavy atom. The first kappa shape index (κ1) is 17.7. The third kappa shape index (κ3) is 5.18. The van der Waals surface area contributed by atoms with Crippen molar-refractivity contribution in [1.82, 2.24) is 0 Å². The Labute approximate surface area is 161 Å². The highest BCUT2D eigenvalue weighted by Crippen LogP contribution is 2.23. The average Bonchev–Trinajstić information content (AvgIpc) is 2.63. The number of nitrogens with zero attached hydrogens (tertiary/aromatic N) is 1. The molecule has 0 aromatic heterocycles. The molecular weight excluding hydrogens is 398 g/mol. The molecule has 0 atom stereocenters. The summed E-state index contributed by atoms with van der Waals surface area (Å²) in [5.41, 5.74) is 4.11. The molecule has 0 unspecified atom stereocenters. The molecule has 3 rings (SSSR count). The smallest absolute Gasteiger partial charge is 0.119 e. The fraction of sp³-hybridized carbons (Fsp3) is 0.0952. The van der Waals surface area contributed by atoms with Crippen LogP contribution < -0.4 is 4.74 Å². The summed E-state index contributed by atoms with van der Waals surface area (Å²) < 4.78 is 6.87. The molecule has 0 aliphatic heterocycles. The summed E-state index contributed by atoms with van der Waals surface area (Å²) in [5.74, 6) is 0.832. The van der Waals surface area contributed by atoms with E-state index in [-0.39, 0.29) is 0 Å². The highest BCUT2D eigenvalue weighted by molar-refractivity contribution is 9.10. The average molecular weight is 415 g/mol. The summed E-state index contributed by atoms with van der Waals surface area (Å²) in [6.45, 7) is 2.56. The first-order valence-corrected chi connectivity index (χ1v) is 9.05. The van der Waals surface area contributed by atoms with Gasteiger partial charge in [0.2, 0.25) is 0 Å². The number of aryl methyl sites for hydroxylation is 1. The van der Waals surface area contributed by atoms with Crippen molar-refractivity contribution in [3.05, 3.63) is 92.9 Å². The van der Waals surface area contributed by atoms with Crippen LogP contribution in [0.2, 0.25) is 5.02 Å². The van der Waals surface area contributed by atoms with Crippen molar-refractivity contribution < 1.29 is 4.74 Å². The molecule has 0 amide bonds. The van der Waals surface area contributed by atoms with E-state index >= 15 is 0 Å². The number of aliphatic imine (C=N–C) groups is 1. The zero-order valence-corrected chi connectivity index (χ0v) is 16.1. The van der Waals surface area contributed by atoms with E-state index in [4.69, 9.17) is 16.3 Å². The largest absolute Gasteiger partial charge is 0.489 e. The molecule has 3 aromatic rings. The van der Waals surface area contributed by atoms with Crippen LogP contribution in [-0.2, 0) is 6.61 Å². The Morgan fingerprint density at radius 1 is 1.00 bits per heavy atom. The van der Waals surface area contributed by atoms with E-state index in [0.717, 1.165) is 32.6 Å². The maximum Gasteiger partial charge on any atom is 0.119 e. The second kappa shape index (κ2) is 8.32. The summed E-state index contributed by atoms with van der Waals surface area (Å²) in [5, 5.41) is 0.689. The van der Waals surface area contributed by atoms with Gasteiger partial charge in [-0.25, -0.2) is 0 Å². The van der Waals surface area contributed by atoms with Gasteiger partial charge < -0.3 is 4.74 Å². The zero-order valence-electron chi connectivity index (χ0n) is 13.7. The van der Waals surface area contributed by atoms with Crippen LogP contribution in [0, 0.1) is 6.92 Å². The van der Waals surface area contributed by atoms with E-state index in [1.807, 2.05) is 79.9 Å². The van der Waals surface area contributed by atoms with Crippen LogP contribution in [0.5, 0.6) is 5.75 Å². The molecule has 0 N–H and O–H groups in total. The molecule has 4 heteroatoms. The minimum atomic E-state index is 0.544. The first-order valence-electron chi connectivity index (χ1n) is 7.88. The molecule has 0 radical (unpaired) electrons. The molecule has 3 aromatic carbocycles. The molecule has 126 valence electrons. The molecule has 0 spiro atoms. The minimum absolute atomic E-state index is 0.544. The fourth-order valence-electron chi connectivity index (χ4n) is 2.26. The van der Waals surface area contributed by atoms with Crippen molar-refractivity contribution in [2.24, 2.45) is 4.99 Å². The molecule has 0 saturated heterocycles. The van der Waals surface area contributed by atoms with Gasteiger partial charge in [-0.2, -0.15) is 0 Å². The number of hydrogen-bond acceptors (Lipinski definition) is 2. The Bertz CT molecular complexity index is 873. The Balaban J connectivity index is 1.62. The molecule has 0 aliphatic rings. The van der Waals surface area contributed by atoms with Crippen molar-refractivity contribution in [2.45, 2.75) is 13.5 Å². The molecule has 2 nitrogen and oxygen atoms in total. The van der Waals surface area contributed by atoms with Crippen molar-refractivity contribution in [3.8, 4) is 5.75 Å². The van der Waals surface area contributed by atoms with Gasteiger partial charge in [0.25, 0.3) is 0 Å². The van der Waals surface area contributed by atoms with Crippen LogP contribution in [0.3, 0.4) is 0 Å². The van der Waals surface area contributed by atoms with Gasteiger partial charge in [-0.15, -0.1) is 0 Å². The topological polar surface area (TPSA) is 21.6 Å². The van der Waals surface area contributed by atoms with Crippen molar-refractivity contribution in [3.63, 3.8) is 0 Å². The predicted octanol–water partition coefficient (Wildman–Crippen LogP) is 6.74. The van der Waals surface area contributed by atoms with Gasteiger partial charge in [0.15, 0.2) is 0 Å². The normalized spacial score (nSPS) is 11.0. The lowest BCUT2D eigenvalue weighted by Crippen LogP contribution is -1.95. The van der Waals surface area contributed by atoms with Gasteiger partial charge in [-0.3, -0.25) is 4.99 Å². The van der Waals surface area contributed by atoms with Crippen molar-refractivity contribution >= 4 is 39.4 Å². The molecule has 25 heavy (non-hydrogen) atoms. The number of ether oxygens (including phenoxy) is 1. The predicted molar refractivity (Wildman–Crippen MR) is 108 cm³/mol. The summed E-state index contributed by atoms with van der Waals surface area (Å²) in [6.07, 6.45) is 1.83. The van der Waals surface area contributed by atoms with Gasteiger partial charge in [0, 0.05) is 15.7 Å². The second-order valence-corrected chi connectivity index (χ2v) is 7.03. The first-order chi connectivity index (χ1) is 12.1. The maximum atomic E-state index is 6.02. The van der Waals surface area contributed by atoms with Crippen LogP contribution in [0.4, 0.5) is 5.69 Å². The minimum Gasteiger partial charge on any atom is -0.489 e. The summed E-state index contributed by atoms with van der Waals surface area (Å²) >= 11 is 9.45. The van der Waals surface area contributed by atoms with E-state index in [0.29, 0.717) is 11.6 Å². The number of hydrogen-bond donors (Lipinski definition) is 0. The second-order valence-electron chi connectivity index (χ2n) is 5.67. The fourth-order valence-corrected chi connectivity index (χ4v) is 2.69. The van der Waals surface area contributed by atoms with Crippen LogP contribution in [0.15, 0.2) is 76.2 Å². The molecular formula is C21H17BrClNO. The van der Waals surface area contributed by atoms with Gasteiger partial charge in [0.1, 0.15) is 12.4 Å². The zero-order chi connectivity index (χ0) is 17.6. The standard InChI is InChI=1S/C21H17BrClNO/c1-15-2-9-19(23)12-21(15)24-13-16-5-10-20(11-6-16)25-14-17-3-7-18(22)8-4-17/h2-13H,14H2,1H3. The van der Waals surface area contributed by atoms with Crippen LogP contribution in [-0.4, -0.2) is 6.21 Å². The van der Waals surface area contributed by atoms with Crippen LogP contribution in [0.1, 0.15) is 16.7 Å². The van der Waals surface area contributed by atoms with Crippen molar-refractivity contribution in [1.29, 1.82) is 0 Å². The van der Waals surface area contributed by atoms with Crippen LogP contribution >= 0.6 is 27.5 Å². The quantitative estimate of drug-likeness (QED) is 0.424. The number of benzene rings is 3. The Morgan fingerprint density at radius 3 is 2.44 bits per heavy atom. The molecule has 0 saturated carbocycles. The lowest BCUT2D eigenvalue weighted by atomic mass is 10.2. The summed E-state index contributed by atoms with van der Waals surface area (Å²) in [7, 11) is 0. The molecule has 0 aliphatic carbocycles. The van der Waals surface area contributed by atoms with Crippen LogP contribution in [0.25, 0.3) is 0 Å². The third-order valence-corrected chi connectivity index (χ3v) is 4.49. The number of halogens is 2. The monoisotopic (exact) mass is 413 g/mol. The third-order valence-electron chi connectivity index (χ3n) is 3.72. The van der Waals surface area contributed by atoms with Gasteiger partial charge in [0.05, 0.1) is 5.69 Å². The Hall–Kier alpha value is -2.10.